The zero-order chi connectivity index (χ0) is 24.2. The molecule has 0 N–H and O–H groups in total. The molecule has 0 bridgehead atoms. The lowest BCUT2D eigenvalue weighted by Crippen LogP contribution is -2.40. The Balaban J connectivity index is 1.39. The molecule has 35 heavy (non-hydrogen) atoms. The summed E-state index contributed by atoms with van der Waals surface area (Å²) in [5.74, 6) is 1.82. The first-order chi connectivity index (χ1) is 16.9. The summed E-state index contributed by atoms with van der Waals surface area (Å²) in [4.78, 5) is 21.4. The van der Waals surface area contributed by atoms with Gasteiger partial charge in [-0.1, -0.05) is 45.0 Å². The number of rotatable bonds is 2. The summed E-state index contributed by atoms with van der Waals surface area (Å²) in [6.45, 7) is 8.40. The van der Waals surface area contributed by atoms with E-state index < -0.39 is 0 Å². The summed E-state index contributed by atoms with van der Waals surface area (Å²) < 4.78 is 2.07. The van der Waals surface area contributed by atoms with Crippen LogP contribution in [0.25, 0.3) is 16.6 Å². The van der Waals surface area contributed by atoms with E-state index in [-0.39, 0.29) is 17.2 Å². The van der Waals surface area contributed by atoms with E-state index in [2.05, 4.69) is 46.3 Å². The Kier molecular flexibility index (Phi) is 5.35. The van der Waals surface area contributed by atoms with Crippen molar-refractivity contribution in [1.82, 2.24) is 24.5 Å². The van der Waals surface area contributed by atoms with Crippen LogP contribution < -0.4 is 0 Å². The lowest BCUT2D eigenvalue weighted by atomic mass is 9.70. The Labute approximate surface area is 206 Å². The molecule has 3 aromatic heterocycles. The van der Waals surface area contributed by atoms with Crippen molar-refractivity contribution in [1.29, 1.82) is 0 Å². The number of pyridine rings is 2. The number of likely N-dealkylation sites (tertiary alicyclic amines) is 1. The number of amides is 1. The average molecular weight is 468 g/mol. The smallest absolute Gasteiger partial charge is 0.254 e. The first-order valence-corrected chi connectivity index (χ1v) is 12.9. The first-order valence-electron chi connectivity index (χ1n) is 12.9. The number of aromatic nitrogens is 4. The Morgan fingerprint density at radius 3 is 2.71 bits per heavy atom. The standard InChI is InChI=1S/C29H33N5O/c1-29(2,3)20-13-14-24-22(17-20)26(21-10-4-5-11-23(21)30-24)28(35)33-15-8-9-19(18-33)27-32-31-25-12-6-7-16-34(25)27/h4-7,10-12,16,19-20H,8-9,13-15,17-18H2,1-3H3. The van der Waals surface area contributed by atoms with Gasteiger partial charge in [0.05, 0.1) is 11.1 Å². The van der Waals surface area contributed by atoms with Crippen LogP contribution in [0.1, 0.15) is 73.4 Å². The Morgan fingerprint density at radius 2 is 1.86 bits per heavy atom. The van der Waals surface area contributed by atoms with Crippen LogP contribution >= 0.6 is 0 Å². The average Bonchev–Trinajstić information content (AvgIpc) is 3.30. The third-order valence-electron chi connectivity index (χ3n) is 8.11. The first kappa shape index (κ1) is 22.2. The van der Waals surface area contributed by atoms with Gasteiger partial charge in [-0.25, -0.2) is 0 Å². The topological polar surface area (TPSA) is 63.4 Å². The molecule has 6 rings (SSSR count). The summed E-state index contributed by atoms with van der Waals surface area (Å²) in [5.41, 5.74) is 5.16. The molecule has 1 saturated heterocycles. The van der Waals surface area contributed by atoms with Gasteiger partial charge in [-0.15, -0.1) is 10.2 Å². The molecule has 4 heterocycles. The molecule has 6 nitrogen and oxygen atoms in total. The molecule has 2 aliphatic rings. The maximum Gasteiger partial charge on any atom is 0.254 e. The molecule has 0 saturated carbocycles. The fourth-order valence-corrected chi connectivity index (χ4v) is 6.04. The van der Waals surface area contributed by atoms with Crippen molar-refractivity contribution < 1.29 is 4.79 Å². The minimum Gasteiger partial charge on any atom is -0.338 e. The van der Waals surface area contributed by atoms with E-state index in [9.17, 15) is 4.79 Å². The lowest BCUT2D eigenvalue weighted by molar-refractivity contribution is 0.0703. The molecule has 1 aliphatic carbocycles. The highest BCUT2D eigenvalue weighted by atomic mass is 16.2. The number of para-hydroxylation sites is 1. The maximum absolute atomic E-state index is 14.3. The third-order valence-corrected chi connectivity index (χ3v) is 8.11. The quantitative estimate of drug-likeness (QED) is 0.393. The number of nitrogens with zero attached hydrogens (tertiary/aromatic N) is 5. The molecule has 1 amide bonds. The number of aryl methyl sites for hydroxylation is 1. The highest BCUT2D eigenvalue weighted by Crippen LogP contribution is 2.40. The van der Waals surface area contributed by atoms with Crippen LogP contribution in [-0.4, -0.2) is 43.5 Å². The van der Waals surface area contributed by atoms with Crippen LogP contribution in [0.4, 0.5) is 0 Å². The van der Waals surface area contributed by atoms with E-state index >= 15 is 0 Å². The predicted molar refractivity (Wildman–Crippen MR) is 138 cm³/mol. The zero-order valence-corrected chi connectivity index (χ0v) is 20.9. The summed E-state index contributed by atoms with van der Waals surface area (Å²) in [6, 6.07) is 14.1. The molecule has 180 valence electrons. The number of fused-ring (bicyclic) bond motifs is 3. The van der Waals surface area contributed by atoms with E-state index in [4.69, 9.17) is 4.98 Å². The van der Waals surface area contributed by atoms with Gasteiger partial charge in [0.15, 0.2) is 5.65 Å². The molecule has 4 aromatic rings. The van der Waals surface area contributed by atoms with Gasteiger partial charge in [-0.3, -0.25) is 14.2 Å². The molecule has 0 radical (unpaired) electrons. The number of carbonyl (C=O) groups excluding carboxylic acids is 1. The molecule has 1 aliphatic heterocycles. The van der Waals surface area contributed by atoms with Crippen LogP contribution in [0.15, 0.2) is 48.7 Å². The molecule has 1 fully saturated rings. The SMILES string of the molecule is CC(C)(C)C1CCc2nc3ccccc3c(C(=O)N3CCCC(c4nnc5ccccn45)C3)c2C1. The molecule has 2 unspecified atom stereocenters. The molecule has 2 atom stereocenters. The van der Waals surface area contributed by atoms with Crippen LogP contribution in [0.2, 0.25) is 0 Å². The van der Waals surface area contributed by atoms with Crippen LogP contribution in [0, 0.1) is 11.3 Å². The second kappa shape index (κ2) is 8.43. The summed E-state index contributed by atoms with van der Waals surface area (Å²) in [6.07, 6.45) is 6.99. The second-order valence-electron chi connectivity index (χ2n) is 11.3. The van der Waals surface area contributed by atoms with E-state index in [1.54, 1.807) is 0 Å². The van der Waals surface area contributed by atoms with Crippen molar-refractivity contribution in [3.05, 3.63) is 71.3 Å². The Morgan fingerprint density at radius 1 is 1.03 bits per heavy atom. The predicted octanol–water partition coefficient (Wildman–Crippen LogP) is 5.45. The number of benzene rings is 1. The monoisotopic (exact) mass is 467 g/mol. The highest BCUT2D eigenvalue weighted by Gasteiger charge is 2.35. The molecule has 1 aromatic carbocycles. The Hall–Kier alpha value is -3.28. The van der Waals surface area contributed by atoms with Gasteiger partial charge < -0.3 is 4.90 Å². The summed E-state index contributed by atoms with van der Waals surface area (Å²) >= 11 is 0. The minimum atomic E-state index is 0.146. The molecule has 6 heteroatoms. The third kappa shape index (κ3) is 3.89. The highest BCUT2D eigenvalue weighted by molar-refractivity contribution is 6.07. The largest absolute Gasteiger partial charge is 0.338 e. The van der Waals surface area contributed by atoms with Gasteiger partial charge in [0.1, 0.15) is 5.82 Å². The molecule has 0 spiro atoms. The van der Waals surface area contributed by atoms with Gasteiger partial charge in [-0.05, 0) is 67.2 Å². The van der Waals surface area contributed by atoms with E-state index in [1.807, 2.05) is 42.6 Å². The number of hydrogen-bond acceptors (Lipinski definition) is 4. The van der Waals surface area contributed by atoms with Crippen LogP contribution in [-0.2, 0) is 12.8 Å². The van der Waals surface area contributed by atoms with Crippen LogP contribution in [0.5, 0.6) is 0 Å². The van der Waals surface area contributed by atoms with E-state index in [1.165, 1.54) is 5.56 Å². The van der Waals surface area contributed by atoms with Gasteiger partial charge >= 0.3 is 0 Å². The van der Waals surface area contributed by atoms with Crippen molar-refractivity contribution in [2.24, 2.45) is 11.3 Å². The normalized spacial score (nSPS) is 20.8. The van der Waals surface area contributed by atoms with Crippen molar-refractivity contribution in [3.8, 4) is 0 Å². The molecular formula is C29H33N5O. The Bertz CT molecular complexity index is 1420. The van der Waals surface area contributed by atoms with Crippen molar-refractivity contribution in [3.63, 3.8) is 0 Å². The van der Waals surface area contributed by atoms with Crippen molar-refractivity contribution in [2.75, 3.05) is 13.1 Å². The van der Waals surface area contributed by atoms with E-state index in [0.717, 1.165) is 72.3 Å². The lowest BCUT2D eigenvalue weighted by Gasteiger charge is -2.37. The second-order valence-corrected chi connectivity index (χ2v) is 11.3. The fourth-order valence-electron chi connectivity index (χ4n) is 6.04. The van der Waals surface area contributed by atoms with Gasteiger partial charge in [0.2, 0.25) is 0 Å². The zero-order valence-electron chi connectivity index (χ0n) is 20.9. The maximum atomic E-state index is 14.3. The van der Waals surface area contributed by atoms with Crippen LogP contribution in [0.3, 0.4) is 0 Å². The minimum absolute atomic E-state index is 0.146. The van der Waals surface area contributed by atoms with Crippen molar-refractivity contribution in [2.45, 2.75) is 58.8 Å². The van der Waals surface area contributed by atoms with Crippen molar-refractivity contribution >= 4 is 22.5 Å². The van der Waals surface area contributed by atoms with E-state index in [0.29, 0.717) is 12.5 Å². The number of hydrogen-bond donors (Lipinski definition) is 0. The summed E-state index contributed by atoms with van der Waals surface area (Å²) in [7, 11) is 0. The van der Waals surface area contributed by atoms with Gasteiger partial charge in [0, 0.05) is 36.3 Å². The number of carbonyl (C=O) groups is 1. The number of piperidine rings is 1. The van der Waals surface area contributed by atoms with Gasteiger partial charge in [0.25, 0.3) is 5.91 Å². The molecular weight excluding hydrogens is 434 g/mol. The fraction of sp³-hybridized carbons (Fsp3) is 0.448. The summed E-state index contributed by atoms with van der Waals surface area (Å²) in [5, 5.41) is 9.85. The van der Waals surface area contributed by atoms with Gasteiger partial charge in [-0.2, -0.15) is 0 Å².